The van der Waals surface area contributed by atoms with Gasteiger partial charge in [-0.15, -0.1) is 21.5 Å². The number of carbonyl (C=O) groups excluding carboxylic acids is 1. The SMILES string of the molecule is Cn1c(SCCCC(=O)c2cccs2)nnc1-c1ccco1. The van der Waals surface area contributed by atoms with Crippen LogP contribution < -0.4 is 0 Å². The van der Waals surface area contributed by atoms with Crippen molar-refractivity contribution in [3.8, 4) is 11.6 Å². The van der Waals surface area contributed by atoms with Gasteiger partial charge in [-0.25, -0.2) is 0 Å². The maximum Gasteiger partial charge on any atom is 0.200 e. The molecule has 0 saturated carbocycles. The topological polar surface area (TPSA) is 60.9 Å². The Labute approximate surface area is 136 Å². The second kappa shape index (κ2) is 6.93. The number of thioether (sulfide) groups is 1. The Bertz CT molecular complexity index is 733. The van der Waals surface area contributed by atoms with Crippen molar-refractivity contribution in [3.05, 3.63) is 40.8 Å². The van der Waals surface area contributed by atoms with Crippen molar-refractivity contribution in [2.45, 2.75) is 18.0 Å². The summed E-state index contributed by atoms with van der Waals surface area (Å²) < 4.78 is 7.24. The lowest BCUT2D eigenvalue weighted by Gasteiger charge is -2.02. The van der Waals surface area contributed by atoms with Crippen molar-refractivity contribution in [2.24, 2.45) is 7.05 Å². The fourth-order valence-corrected chi connectivity index (χ4v) is 3.56. The van der Waals surface area contributed by atoms with Crippen LogP contribution in [0.5, 0.6) is 0 Å². The minimum atomic E-state index is 0.213. The third kappa shape index (κ3) is 3.31. The second-order valence-corrected chi connectivity index (χ2v) is 6.70. The van der Waals surface area contributed by atoms with Crippen molar-refractivity contribution >= 4 is 28.9 Å². The minimum Gasteiger partial charge on any atom is -0.461 e. The van der Waals surface area contributed by atoms with Crippen LogP contribution in [0.1, 0.15) is 22.5 Å². The summed E-state index contributed by atoms with van der Waals surface area (Å²) >= 11 is 3.10. The molecule has 0 aromatic carbocycles. The molecule has 3 heterocycles. The first kappa shape index (κ1) is 15.1. The van der Waals surface area contributed by atoms with Crippen molar-refractivity contribution in [2.75, 3.05) is 5.75 Å². The van der Waals surface area contributed by atoms with E-state index in [1.165, 1.54) is 11.3 Å². The summed E-state index contributed by atoms with van der Waals surface area (Å²) in [5.41, 5.74) is 0. The summed E-state index contributed by atoms with van der Waals surface area (Å²) in [5.74, 6) is 2.46. The number of aromatic nitrogens is 3. The predicted molar refractivity (Wildman–Crippen MR) is 87.3 cm³/mol. The zero-order valence-corrected chi connectivity index (χ0v) is 13.7. The summed E-state index contributed by atoms with van der Waals surface area (Å²) in [4.78, 5) is 12.7. The summed E-state index contributed by atoms with van der Waals surface area (Å²) in [7, 11) is 1.91. The van der Waals surface area contributed by atoms with Crippen molar-refractivity contribution in [3.63, 3.8) is 0 Å². The van der Waals surface area contributed by atoms with Crippen LogP contribution in [-0.4, -0.2) is 26.3 Å². The van der Waals surface area contributed by atoms with Gasteiger partial charge in [-0.2, -0.15) is 0 Å². The average molecular weight is 333 g/mol. The van der Waals surface area contributed by atoms with Gasteiger partial charge >= 0.3 is 0 Å². The number of nitrogens with zero attached hydrogens (tertiary/aromatic N) is 3. The van der Waals surface area contributed by atoms with Crippen LogP contribution in [0.25, 0.3) is 11.6 Å². The Morgan fingerprint density at radius 1 is 1.36 bits per heavy atom. The molecule has 0 aliphatic rings. The van der Waals surface area contributed by atoms with Crippen LogP contribution in [-0.2, 0) is 7.05 Å². The third-order valence-electron chi connectivity index (χ3n) is 3.15. The van der Waals surface area contributed by atoms with Crippen molar-refractivity contribution in [1.82, 2.24) is 14.8 Å². The normalized spacial score (nSPS) is 11.0. The first-order valence-corrected chi connectivity index (χ1v) is 8.75. The highest BCUT2D eigenvalue weighted by molar-refractivity contribution is 7.99. The van der Waals surface area contributed by atoms with Gasteiger partial charge in [0.15, 0.2) is 22.5 Å². The third-order valence-corrected chi connectivity index (χ3v) is 5.17. The van der Waals surface area contributed by atoms with Gasteiger partial charge in [0.25, 0.3) is 0 Å². The maximum absolute atomic E-state index is 11.9. The zero-order chi connectivity index (χ0) is 15.4. The van der Waals surface area contributed by atoms with Gasteiger partial charge < -0.3 is 8.98 Å². The van der Waals surface area contributed by atoms with E-state index < -0.39 is 0 Å². The van der Waals surface area contributed by atoms with Gasteiger partial charge in [0.1, 0.15) is 0 Å². The molecule has 0 radical (unpaired) electrons. The van der Waals surface area contributed by atoms with Crippen molar-refractivity contribution < 1.29 is 9.21 Å². The number of rotatable bonds is 7. The fraction of sp³-hybridized carbons (Fsp3) is 0.267. The number of Topliss-reactive ketones (excluding diaryl/α,β-unsaturated/α-hetero) is 1. The van der Waals surface area contributed by atoms with E-state index in [9.17, 15) is 4.79 Å². The number of hydrogen-bond acceptors (Lipinski definition) is 6. The van der Waals surface area contributed by atoms with E-state index in [2.05, 4.69) is 10.2 Å². The molecule has 7 heteroatoms. The van der Waals surface area contributed by atoms with Gasteiger partial charge in [-0.3, -0.25) is 4.79 Å². The highest BCUT2D eigenvalue weighted by Crippen LogP contribution is 2.23. The number of ketones is 1. The number of furan rings is 1. The molecule has 0 saturated heterocycles. The molecule has 3 aromatic rings. The second-order valence-electron chi connectivity index (χ2n) is 4.69. The Balaban J connectivity index is 1.51. The van der Waals surface area contributed by atoms with Gasteiger partial charge in [0.2, 0.25) is 0 Å². The van der Waals surface area contributed by atoms with Crippen LogP contribution in [0.3, 0.4) is 0 Å². The Kier molecular flexibility index (Phi) is 4.74. The van der Waals surface area contributed by atoms with E-state index in [0.29, 0.717) is 18.0 Å². The van der Waals surface area contributed by atoms with Crippen LogP contribution in [0.15, 0.2) is 45.5 Å². The standard InChI is InChI=1S/C15H15N3O2S2/c1-18-14(12-6-2-8-20-12)16-17-15(18)22-10-3-5-11(19)13-7-4-9-21-13/h2,4,6-9H,3,5,10H2,1H3. The Morgan fingerprint density at radius 2 is 2.27 bits per heavy atom. The van der Waals surface area contributed by atoms with Crippen LogP contribution >= 0.6 is 23.1 Å². The number of hydrogen-bond donors (Lipinski definition) is 0. The molecular formula is C15H15N3O2S2. The molecule has 22 heavy (non-hydrogen) atoms. The maximum atomic E-state index is 11.9. The van der Waals surface area contributed by atoms with Gasteiger partial charge in [0, 0.05) is 19.2 Å². The zero-order valence-electron chi connectivity index (χ0n) is 12.1. The molecule has 0 amide bonds. The van der Waals surface area contributed by atoms with E-state index in [0.717, 1.165) is 22.2 Å². The van der Waals surface area contributed by atoms with E-state index in [4.69, 9.17) is 4.42 Å². The predicted octanol–water partition coefficient (Wildman–Crippen LogP) is 3.89. The molecule has 3 aromatic heterocycles. The van der Waals surface area contributed by atoms with Gasteiger partial charge in [0.05, 0.1) is 11.1 Å². The molecule has 3 rings (SSSR count). The molecule has 0 spiro atoms. The van der Waals surface area contributed by atoms with E-state index >= 15 is 0 Å². The number of thiophene rings is 1. The van der Waals surface area contributed by atoms with E-state index in [-0.39, 0.29) is 5.78 Å². The fourth-order valence-electron chi connectivity index (χ4n) is 2.02. The van der Waals surface area contributed by atoms with Gasteiger partial charge in [-0.05, 0) is 30.0 Å². The first-order valence-electron chi connectivity index (χ1n) is 6.88. The molecule has 0 aliphatic heterocycles. The van der Waals surface area contributed by atoms with Gasteiger partial charge in [-0.1, -0.05) is 17.8 Å². The summed E-state index contributed by atoms with van der Waals surface area (Å²) in [5, 5.41) is 11.1. The Morgan fingerprint density at radius 3 is 3.00 bits per heavy atom. The summed E-state index contributed by atoms with van der Waals surface area (Å²) in [6.07, 6.45) is 3.01. The Hall–Kier alpha value is -1.86. The smallest absolute Gasteiger partial charge is 0.200 e. The first-order chi connectivity index (χ1) is 10.8. The number of carbonyl (C=O) groups is 1. The lowest BCUT2D eigenvalue weighted by molar-refractivity contribution is 0.0986. The molecular weight excluding hydrogens is 318 g/mol. The molecule has 0 unspecified atom stereocenters. The largest absolute Gasteiger partial charge is 0.461 e. The average Bonchev–Trinajstić information content (AvgIpc) is 3.25. The lowest BCUT2D eigenvalue weighted by Crippen LogP contribution is -1.98. The lowest BCUT2D eigenvalue weighted by atomic mass is 10.2. The van der Waals surface area contributed by atoms with Crippen LogP contribution in [0.2, 0.25) is 0 Å². The van der Waals surface area contributed by atoms with Crippen molar-refractivity contribution in [1.29, 1.82) is 0 Å². The quantitative estimate of drug-likeness (QED) is 0.373. The molecule has 5 nitrogen and oxygen atoms in total. The van der Waals surface area contributed by atoms with Crippen LogP contribution in [0, 0.1) is 0 Å². The molecule has 114 valence electrons. The highest BCUT2D eigenvalue weighted by Gasteiger charge is 2.13. The summed E-state index contributed by atoms with van der Waals surface area (Å²) in [6, 6.07) is 7.46. The van der Waals surface area contributed by atoms with E-state index in [1.54, 1.807) is 18.0 Å². The summed E-state index contributed by atoms with van der Waals surface area (Å²) in [6.45, 7) is 0. The molecule has 0 N–H and O–H groups in total. The van der Waals surface area contributed by atoms with E-state index in [1.807, 2.05) is 41.3 Å². The molecule has 0 fully saturated rings. The molecule has 0 atom stereocenters. The molecule has 0 bridgehead atoms. The van der Waals surface area contributed by atoms with Crippen LogP contribution in [0.4, 0.5) is 0 Å². The minimum absolute atomic E-state index is 0.213. The molecule has 0 aliphatic carbocycles. The monoisotopic (exact) mass is 333 g/mol. The highest BCUT2D eigenvalue weighted by atomic mass is 32.2.